The number of hydrogen-bond donors (Lipinski definition) is 0. The van der Waals surface area contributed by atoms with Crippen molar-refractivity contribution >= 4 is 258 Å². The monoisotopic (exact) mass is 1850 g/mol. The van der Waals surface area contributed by atoms with Crippen LogP contribution < -0.4 is 0 Å². The summed E-state index contributed by atoms with van der Waals surface area (Å²) in [5, 5.41) is 27.7. The van der Waals surface area contributed by atoms with Gasteiger partial charge in [-0.25, -0.2) is 15.0 Å². The molecule has 656 valence electrons. The fourth-order valence-electron chi connectivity index (χ4n) is 22.2. The minimum atomic E-state index is 0.559. The molecule has 0 aliphatic rings. The number of aromatic nitrogens is 10. The number of nitrogens with zero attached hydrogens (tertiary/aromatic N) is 10. The molecule has 0 aliphatic carbocycles. The fraction of sp³-hybridized carbons (Fsp3) is 0. The molecule has 16 heteroatoms. The van der Waals surface area contributed by atoms with Crippen LogP contribution in [-0.4, -0.2) is 48.6 Å². The lowest BCUT2D eigenvalue weighted by Crippen LogP contribution is -2.03. The highest BCUT2D eigenvalue weighted by molar-refractivity contribution is 7.28. The highest BCUT2D eigenvalue weighted by Crippen LogP contribution is 2.54. The Balaban J connectivity index is 0.0000000994. The normalized spacial score (nSPS) is 12.1. The third kappa shape index (κ3) is 12.0. The van der Waals surface area contributed by atoms with E-state index in [0.717, 1.165) is 133 Å². The van der Waals surface area contributed by atoms with Gasteiger partial charge >= 0.3 is 0 Å². The number of fused-ring (bicyclic) bond motifs is 39. The molecule has 0 radical (unpaired) electrons. The molecule has 141 heavy (non-hydrogen) atoms. The maximum Gasteiger partial charge on any atom is 0.238 e. The number of hydrogen-bond acceptors (Lipinski definition) is 13. The Hall–Kier alpha value is -18.2. The van der Waals surface area contributed by atoms with E-state index in [2.05, 4.69) is 352 Å². The molecule has 0 atom stereocenters. The SMILES string of the molecule is c1ccc(-c2ccc(-c3nc(-n4c5ccccc5c5c6ccccc6c6sc7ccccc7c6c54)nc4oc5ccccc5c34)cc2)cc1.c1ccc(-c2cccc(-c3nc(-n4c5ccccc5c5c6ccccc6c6sc7ccccc7c6c54)nc4oc5ccccc5c34)c2)cc1.c1cncc(-c2nc(-n3c4ccccc4c4c5ccccc5c5sc6ccccc6c5c43)nc3oc4ccccc4c23)c1. The maximum atomic E-state index is 6.54. The van der Waals surface area contributed by atoms with E-state index >= 15 is 0 Å². The predicted octanol–water partition coefficient (Wildman–Crippen LogP) is 34.7. The summed E-state index contributed by atoms with van der Waals surface area (Å²) in [4.78, 5) is 36.4. The van der Waals surface area contributed by atoms with Crippen molar-refractivity contribution < 1.29 is 13.3 Å². The largest absolute Gasteiger partial charge is 0.437 e. The van der Waals surface area contributed by atoms with Crippen LogP contribution in [0.5, 0.6) is 0 Å². The standard InChI is InChI=1S/2C44H25N3OS.C37H20N4OS/c1-2-13-26(14-3-1)27-15-12-16-28(25-27)40-38-32-20-7-10-23-35(32)48-43(38)46-44(45-40)47-34-22-9-6-19-31(34)37-29-17-4-5-18-30(29)42-39(41(37)47)33-21-8-11-24-36(33)49-42;1-2-12-26(13-3-1)27-22-24-28(25-23-27)40-38-32-17-7-10-20-35(32)48-43(38)46-44(45-40)47-34-19-9-6-16-31(34)37-29-14-4-5-15-30(29)42-39(41(37)47)33-18-8-11-21-36(33)49-42;1-2-12-23-22(11-1)30-24-13-3-6-16-27(24)41(34(30)32-26-15-5-8-18-29(26)43-35(23)32)37-39-33(21-10-9-19-38-20-21)31-25-14-4-7-17-28(25)42-36(31)40-37/h2*1-25H;1-20H. The van der Waals surface area contributed by atoms with Crippen molar-refractivity contribution in [2.45, 2.75) is 0 Å². The zero-order valence-corrected chi connectivity index (χ0v) is 77.3. The molecule has 0 amide bonds. The van der Waals surface area contributed by atoms with Gasteiger partial charge in [0.15, 0.2) is 0 Å². The molecule has 0 saturated carbocycles. The lowest BCUT2D eigenvalue weighted by molar-refractivity contribution is 0.651. The molecule has 13 heterocycles. The summed E-state index contributed by atoms with van der Waals surface area (Å²) in [6.07, 6.45) is 3.64. The van der Waals surface area contributed by atoms with Gasteiger partial charge in [0.25, 0.3) is 0 Å². The van der Waals surface area contributed by atoms with E-state index in [-0.39, 0.29) is 0 Å². The van der Waals surface area contributed by atoms with Crippen LogP contribution in [0.4, 0.5) is 0 Å². The van der Waals surface area contributed by atoms with Gasteiger partial charge in [-0.2, -0.15) is 15.0 Å². The summed E-state index contributed by atoms with van der Waals surface area (Å²) in [6.45, 7) is 0. The molecule has 0 N–H and O–H groups in total. The minimum absolute atomic E-state index is 0.559. The number of thiophene rings is 3. The molecule has 13 aromatic heterocycles. The number of furan rings is 3. The molecule has 19 aromatic carbocycles. The van der Waals surface area contributed by atoms with E-state index < -0.39 is 0 Å². The molecule has 0 fully saturated rings. The van der Waals surface area contributed by atoms with Gasteiger partial charge < -0.3 is 13.3 Å². The molecule has 32 rings (SSSR count). The zero-order valence-electron chi connectivity index (χ0n) is 74.8. The Morgan fingerprint density at radius 1 is 0.191 bits per heavy atom. The summed E-state index contributed by atoms with van der Waals surface area (Å²) >= 11 is 5.55. The van der Waals surface area contributed by atoms with Crippen molar-refractivity contribution in [3.63, 3.8) is 0 Å². The van der Waals surface area contributed by atoms with Crippen molar-refractivity contribution in [2.24, 2.45) is 0 Å². The van der Waals surface area contributed by atoms with E-state index in [9.17, 15) is 0 Å². The van der Waals surface area contributed by atoms with Crippen molar-refractivity contribution in [3.05, 3.63) is 425 Å². The number of benzene rings is 19. The van der Waals surface area contributed by atoms with Crippen LogP contribution >= 0.6 is 34.0 Å². The second kappa shape index (κ2) is 31.2. The van der Waals surface area contributed by atoms with Crippen molar-refractivity contribution in [2.75, 3.05) is 0 Å². The van der Waals surface area contributed by atoms with Gasteiger partial charge in [-0.15, -0.1) is 34.0 Å². The van der Waals surface area contributed by atoms with Gasteiger partial charge in [0.05, 0.1) is 66.3 Å². The molecule has 0 bridgehead atoms. The Morgan fingerprint density at radius 2 is 0.475 bits per heavy atom. The Labute approximate surface area is 812 Å². The van der Waals surface area contributed by atoms with Crippen LogP contribution in [0.3, 0.4) is 0 Å². The third-order valence-corrected chi connectivity index (χ3v) is 31.8. The molecule has 0 aliphatic heterocycles. The molecule has 0 spiro atoms. The predicted molar refractivity (Wildman–Crippen MR) is 587 cm³/mol. The zero-order chi connectivity index (χ0) is 92.2. The Kier molecular flexibility index (Phi) is 17.5. The van der Waals surface area contributed by atoms with Crippen molar-refractivity contribution in [1.29, 1.82) is 0 Å². The van der Waals surface area contributed by atoms with Gasteiger partial charge in [-0.1, -0.05) is 340 Å². The van der Waals surface area contributed by atoms with Crippen molar-refractivity contribution in [3.8, 4) is 73.9 Å². The lowest BCUT2D eigenvalue weighted by Gasteiger charge is -2.12. The number of pyridine rings is 1. The van der Waals surface area contributed by atoms with E-state index in [0.29, 0.717) is 35.0 Å². The van der Waals surface area contributed by atoms with Gasteiger partial charge in [-0.3, -0.25) is 18.7 Å². The van der Waals surface area contributed by atoms with Crippen LogP contribution in [0.2, 0.25) is 0 Å². The first-order valence-corrected chi connectivity index (χ1v) is 49.5. The van der Waals surface area contributed by atoms with Gasteiger partial charge in [-0.05, 0) is 111 Å². The first-order chi connectivity index (χ1) is 70.0. The van der Waals surface area contributed by atoms with Crippen LogP contribution in [0.15, 0.2) is 438 Å². The third-order valence-electron chi connectivity index (χ3n) is 28.2. The highest BCUT2D eigenvalue weighted by Gasteiger charge is 2.32. The van der Waals surface area contributed by atoms with Gasteiger partial charge in [0.1, 0.15) is 16.7 Å². The van der Waals surface area contributed by atoms with Crippen LogP contribution in [0.25, 0.3) is 298 Å². The quantitative estimate of drug-likeness (QED) is 0.144. The fourth-order valence-corrected chi connectivity index (χ4v) is 25.9. The molecule has 0 saturated heterocycles. The molecule has 0 unspecified atom stereocenters. The Bertz CT molecular complexity index is 10900. The van der Waals surface area contributed by atoms with E-state index in [4.69, 9.17) is 43.2 Å². The molecular formula is C125H70N10O3S3. The van der Waals surface area contributed by atoms with Crippen molar-refractivity contribution in [1.82, 2.24) is 48.6 Å². The summed E-state index contributed by atoms with van der Waals surface area (Å²) in [5.74, 6) is 1.75. The van der Waals surface area contributed by atoms with E-state index in [1.807, 2.05) is 119 Å². The van der Waals surface area contributed by atoms with Crippen LogP contribution in [-0.2, 0) is 0 Å². The second-order valence-corrected chi connectivity index (χ2v) is 39.0. The Morgan fingerprint density at radius 3 is 0.858 bits per heavy atom. The first kappa shape index (κ1) is 79.1. The summed E-state index contributed by atoms with van der Waals surface area (Å²) < 4.78 is 33.9. The van der Waals surface area contributed by atoms with E-state index in [1.54, 1.807) is 6.20 Å². The number of para-hydroxylation sites is 6. The summed E-state index contributed by atoms with van der Waals surface area (Å²) in [7, 11) is 0. The average molecular weight is 1860 g/mol. The number of rotatable bonds is 8. The minimum Gasteiger partial charge on any atom is -0.437 e. The van der Waals surface area contributed by atoms with Crippen LogP contribution in [0, 0.1) is 0 Å². The van der Waals surface area contributed by atoms with Gasteiger partial charge in [0, 0.05) is 154 Å². The summed E-state index contributed by atoms with van der Waals surface area (Å²) in [5.41, 5.74) is 20.7. The summed E-state index contributed by atoms with van der Waals surface area (Å²) in [6, 6.07) is 145. The molecule has 13 nitrogen and oxygen atoms in total. The lowest BCUT2D eigenvalue weighted by atomic mass is 10.00. The van der Waals surface area contributed by atoms with Gasteiger partial charge in [0.2, 0.25) is 35.0 Å². The second-order valence-electron chi connectivity index (χ2n) is 35.9. The molecule has 32 aromatic rings. The smallest absolute Gasteiger partial charge is 0.238 e. The highest BCUT2D eigenvalue weighted by atomic mass is 32.1. The topological polar surface area (TPSA) is 144 Å². The van der Waals surface area contributed by atoms with E-state index in [1.165, 1.54) is 131 Å². The van der Waals surface area contributed by atoms with Crippen LogP contribution in [0.1, 0.15) is 0 Å². The average Bonchev–Trinajstić information content (AvgIpc) is 1.54. The first-order valence-electron chi connectivity index (χ1n) is 47.0. The maximum absolute atomic E-state index is 6.54. The molecular weight excluding hydrogens is 1790 g/mol.